The predicted molar refractivity (Wildman–Crippen MR) is 92.8 cm³/mol. The smallest absolute Gasteiger partial charge is 0.252 e. The number of aromatic nitrogens is 2. The Morgan fingerprint density at radius 1 is 1.30 bits per heavy atom. The number of carbonyl (C=O) groups is 1. The Morgan fingerprint density at radius 2 is 2.13 bits per heavy atom. The molecule has 118 valence electrons. The summed E-state index contributed by atoms with van der Waals surface area (Å²) >= 11 is 3.39. The lowest BCUT2D eigenvalue weighted by molar-refractivity contribution is 0.0953. The number of para-hydroxylation sites is 2. The summed E-state index contributed by atoms with van der Waals surface area (Å²) in [5.41, 5.74) is 2.49. The van der Waals surface area contributed by atoms with Crippen molar-refractivity contribution in [1.29, 1.82) is 0 Å². The Balaban J connectivity index is 1.63. The molecule has 0 fully saturated rings. The number of methoxy groups -OCH3 is 1. The number of rotatable bonds is 5. The second-order valence-corrected chi connectivity index (χ2v) is 5.91. The third kappa shape index (κ3) is 3.53. The van der Waals surface area contributed by atoms with E-state index < -0.39 is 0 Å². The highest BCUT2D eigenvalue weighted by atomic mass is 79.9. The molecule has 3 aromatic rings. The monoisotopic (exact) mass is 373 g/mol. The van der Waals surface area contributed by atoms with Crippen LogP contribution in [0.4, 0.5) is 0 Å². The summed E-state index contributed by atoms with van der Waals surface area (Å²) in [6.45, 7) is 0.502. The molecule has 0 radical (unpaired) electrons. The van der Waals surface area contributed by atoms with Crippen LogP contribution in [0.3, 0.4) is 0 Å². The minimum atomic E-state index is -0.146. The van der Waals surface area contributed by atoms with Crippen LogP contribution >= 0.6 is 15.9 Å². The first-order chi connectivity index (χ1) is 11.2. The largest absolute Gasteiger partial charge is 0.497 e. The van der Waals surface area contributed by atoms with Crippen molar-refractivity contribution in [2.24, 2.45) is 0 Å². The third-order valence-electron chi connectivity index (χ3n) is 3.50. The van der Waals surface area contributed by atoms with Gasteiger partial charge in [0.25, 0.3) is 5.91 Å². The number of benzene rings is 2. The maximum absolute atomic E-state index is 12.3. The maximum atomic E-state index is 12.3. The highest BCUT2D eigenvalue weighted by Gasteiger charge is 2.11. The zero-order valence-electron chi connectivity index (χ0n) is 12.6. The van der Waals surface area contributed by atoms with Gasteiger partial charge in [0, 0.05) is 17.4 Å². The number of halogens is 1. The number of carbonyl (C=O) groups excluding carboxylic acids is 1. The molecule has 23 heavy (non-hydrogen) atoms. The molecule has 5 nitrogen and oxygen atoms in total. The Morgan fingerprint density at radius 3 is 2.91 bits per heavy atom. The van der Waals surface area contributed by atoms with Crippen molar-refractivity contribution in [3.05, 3.63) is 58.3 Å². The molecule has 0 saturated heterocycles. The first-order valence-electron chi connectivity index (χ1n) is 7.23. The fourth-order valence-electron chi connectivity index (χ4n) is 2.32. The topological polar surface area (TPSA) is 67.0 Å². The molecule has 1 aromatic heterocycles. The van der Waals surface area contributed by atoms with Crippen molar-refractivity contribution in [1.82, 2.24) is 15.3 Å². The first-order valence-corrected chi connectivity index (χ1v) is 8.02. The van der Waals surface area contributed by atoms with Crippen LogP contribution < -0.4 is 10.1 Å². The van der Waals surface area contributed by atoms with Gasteiger partial charge >= 0.3 is 0 Å². The van der Waals surface area contributed by atoms with E-state index >= 15 is 0 Å². The molecule has 2 aromatic carbocycles. The molecule has 0 aliphatic carbocycles. The van der Waals surface area contributed by atoms with Crippen molar-refractivity contribution in [3.8, 4) is 5.75 Å². The lowest BCUT2D eigenvalue weighted by atomic mass is 10.2. The standard InChI is InChI=1S/C17H16BrN3O2/c1-23-11-6-7-13(18)12(10-11)17(22)19-9-8-16-20-14-4-2-3-5-15(14)21-16/h2-7,10H,8-9H2,1H3,(H,19,22)(H,20,21). The molecule has 0 bridgehead atoms. The Labute approximate surface area is 142 Å². The van der Waals surface area contributed by atoms with Gasteiger partial charge in [-0.15, -0.1) is 0 Å². The second kappa shape index (κ2) is 6.83. The minimum absolute atomic E-state index is 0.146. The van der Waals surface area contributed by atoms with Crippen LogP contribution in [0, 0.1) is 0 Å². The van der Waals surface area contributed by atoms with Gasteiger partial charge in [0.1, 0.15) is 11.6 Å². The summed E-state index contributed by atoms with van der Waals surface area (Å²) < 4.78 is 5.89. The number of nitrogens with one attached hydrogen (secondary N) is 2. The van der Waals surface area contributed by atoms with Crippen LogP contribution in [0.25, 0.3) is 11.0 Å². The summed E-state index contributed by atoms with van der Waals surface area (Å²) in [4.78, 5) is 20.0. The van der Waals surface area contributed by atoms with Crippen LogP contribution in [0.15, 0.2) is 46.9 Å². The van der Waals surface area contributed by atoms with E-state index in [0.29, 0.717) is 24.3 Å². The van der Waals surface area contributed by atoms with E-state index in [1.54, 1.807) is 25.3 Å². The van der Waals surface area contributed by atoms with Gasteiger partial charge in [-0.1, -0.05) is 12.1 Å². The van der Waals surface area contributed by atoms with Crippen molar-refractivity contribution in [3.63, 3.8) is 0 Å². The zero-order valence-corrected chi connectivity index (χ0v) is 14.2. The quantitative estimate of drug-likeness (QED) is 0.720. The summed E-state index contributed by atoms with van der Waals surface area (Å²) in [6, 6.07) is 13.2. The van der Waals surface area contributed by atoms with Crippen molar-refractivity contribution in [2.45, 2.75) is 6.42 Å². The fraction of sp³-hybridized carbons (Fsp3) is 0.176. The van der Waals surface area contributed by atoms with Crippen molar-refractivity contribution < 1.29 is 9.53 Å². The minimum Gasteiger partial charge on any atom is -0.497 e. The van der Waals surface area contributed by atoms with Gasteiger partial charge in [0.15, 0.2) is 0 Å². The number of H-pyrrole nitrogens is 1. The van der Waals surface area contributed by atoms with Gasteiger partial charge in [-0.3, -0.25) is 4.79 Å². The number of fused-ring (bicyclic) bond motifs is 1. The van der Waals surface area contributed by atoms with E-state index in [0.717, 1.165) is 21.3 Å². The van der Waals surface area contributed by atoms with E-state index in [1.807, 2.05) is 24.3 Å². The summed E-state index contributed by atoms with van der Waals surface area (Å²) in [6.07, 6.45) is 0.641. The summed E-state index contributed by atoms with van der Waals surface area (Å²) in [7, 11) is 1.58. The molecule has 0 aliphatic rings. The van der Waals surface area contributed by atoms with Crippen molar-refractivity contribution in [2.75, 3.05) is 13.7 Å². The van der Waals surface area contributed by atoms with E-state index in [-0.39, 0.29) is 5.91 Å². The summed E-state index contributed by atoms with van der Waals surface area (Å²) in [5.74, 6) is 1.36. The molecule has 0 saturated carbocycles. The van der Waals surface area contributed by atoms with Crippen LogP contribution in [-0.2, 0) is 6.42 Å². The number of hydrogen-bond acceptors (Lipinski definition) is 3. The SMILES string of the molecule is COc1ccc(Br)c(C(=O)NCCc2nc3ccccc3[nH]2)c1. The van der Waals surface area contributed by atoms with E-state index in [2.05, 4.69) is 31.2 Å². The van der Waals surface area contributed by atoms with E-state index in [4.69, 9.17) is 4.74 Å². The average Bonchev–Trinajstić information content (AvgIpc) is 2.98. The Bertz CT molecular complexity index is 812. The molecular weight excluding hydrogens is 358 g/mol. The molecule has 0 aliphatic heterocycles. The summed E-state index contributed by atoms with van der Waals surface area (Å²) in [5, 5.41) is 2.90. The Hall–Kier alpha value is -2.34. The number of aromatic amines is 1. The number of amides is 1. The highest BCUT2D eigenvalue weighted by molar-refractivity contribution is 9.10. The molecule has 3 rings (SSSR count). The molecule has 2 N–H and O–H groups in total. The molecule has 1 amide bonds. The van der Waals surface area contributed by atoms with Gasteiger partial charge in [0.2, 0.25) is 0 Å². The van der Waals surface area contributed by atoms with Crippen LogP contribution in [0.5, 0.6) is 5.75 Å². The zero-order chi connectivity index (χ0) is 16.2. The van der Waals surface area contributed by atoms with Crippen molar-refractivity contribution >= 4 is 32.9 Å². The molecule has 0 spiro atoms. The molecule has 0 unspecified atom stereocenters. The molecule has 1 heterocycles. The molecule has 0 atom stereocenters. The maximum Gasteiger partial charge on any atom is 0.252 e. The van der Waals surface area contributed by atoms with Gasteiger partial charge in [-0.05, 0) is 46.3 Å². The van der Waals surface area contributed by atoms with E-state index in [1.165, 1.54) is 0 Å². The van der Waals surface area contributed by atoms with Crippen LogP contribution in [0.1, 0.15) is 16.2 Å². The number of nitrogens with zero attached hydrogens (tertiary/aromatic N) is 1. The van der Waals surface area contributed by atoms with Crippen LogP contribution in [0.2, 0.25) is 0 Å². The molecule has 6 heteroatoms. The number of ether oxygens (including phenoxy) is 1. The highest BCUT2D eigenvalue weighted by Crippen LogP contribution is 2.22. The third-order valence-corrected chi connectivity index (χ3v) is 4.20. The van der Waals surface area contributed by atoms with Gasteiger partial charge in [-0.2, -0.15) is 0 Å². The first kappa shape index (κ1) is 15.6. The van der Waals surface area contributed by atoms with Gasteiger partial charge < -0.3 is 15.0 Å². The lowest BCUT2D eigenvalue weighted by Gasteiger charge is -2.08. The van der Waals surface area contributed by atoms with E-state index in [9.17, 15) is 4.79 Å². The van der Waals surface area contributed by atoms with Crippen LogP contribution in [-0.4, -0.2) is 29.5 Å². The number of imidazole rings is 1. The van der Waals surface area contributed by atoms with Gasteiger partial charge in [-0.25, -0.2) is 4.98 Å². The number of hydrogen-bond donors (Lipinski definition) is 2. The lowest BCUT2D eigenvalue weighted by Crippen LogP contribution is -2.26. The fourth-order valence-corrected chi connectivity index (χ4v) is 2.75. The molecular formula is C17H16BrN3O2. The predicted octanol–water partition coefficient (Wildman–Crippen LogP) is 3.31. The second-order valence-electron chi connectivity index (χ2n) is 5.05. The Kier molecular flexibility index (Phi) is 4.62. The average molecular weight is 374 g/mol. The van der Waals surface area contributed by atoms with Gasteiger partial charge in [0.05, 0.1) is 23.7 Å². The normalized spacial score (nSPS) is 10.7.